The third-order valence-electron chi connectivity index (χ3n) is 4.03. The van der Waals surface area contributed by atoms with Gasteiger partial charge < -0.3 is 14.7 Å². The summed E-state index contributed by atoms with van der Waals surface area (Å²) in [6.07, 6.45) is 2.21. The number of halogens is 1. The molecule has 1 aromatic carbocycles. The molecule has 0 radical (unpaired) electrons. The van der Waals surface area contributed by atoms with Gasteiger partial charge in [0.05, 0.1) is 12.1 Å². The molecule has 3 atom stereocenters. The van der Waals surface area contributed by atoms with E-state index in [1.54, 1.807) is 26.1 Å². The van der Waals surface area contributed by atoms with Gasteiger partial charge in [0, 0.05) is 7.05 Å². The van der Waals surface area contributed by atoms with Crippen molar-refractivity contribution in [3.05, 3.63) is 30.1 Å². The van der Waals surface area contributed by atoms with Crippen LogP contribution in [0.4, 0.5) is 4.39 Å². The summed E-state index contributed by atoms with van der Waals surface area (Å²) in [5.74, 6) is -0.669. The SMILES string of the molecule is CC(Oc1ccccc1F)C(=O)N(C)C1CCCCC1O. The smallest absolute Gasteiger partial charge is 0.263 e. The van der Waals surface area contributed by atoms with Crippen molar-refractivity contribution in [2.24, 2.45) is 0 Å². The molecule has 1 saturated carbocycles. The molecule has 1 aromatic rings. The zero-order valence-corrected chi connectivity index (χ0v) is 12.5. The number of aliphatic hydroxyl groups is 1. The lowest BCUT2D eigenvalue weighted by molar-refractivity contribution is -0.142. The molecule has 1 fully saturated rings. The van der Waals surface area contributed by atoms with Gasteiger partial charge in [0.2, 0.25) is 0 Å². The Bertz CT molecular complexity index is 494. The van der Waals surface area contributed by atoms with Crippen molar-refractivity contribution < 1.29 is 19.0 Å². The number of para-hydroxylation sites is 1. The first-order valence-electron chi connectivity index (χ1n) is 7.36. The fraction of sp³-hybridized carbons (Fsp3) is 0.562. The van der Waals surface area contributed by atoms with Crippen LogP contribution in [-0.4, -0.2) is 41.2 Å². The molecule has 0 bridgehead atoms. The van der Waals surface area contributed by atoms with Crippen molar-refractivity contribution >= 4 is 5.91 Å². The Morgan fingerprint density at radius 2 is 2.05 bits per heavy atom. The highest BCUT2D eigenvalue weighted by atomic mass is 19.1. The number of benzene rings is 1. The lowest BCUT2D eigenvalue weighted by Crippen LogP contribution is -2.50. The minimum atomic E-state index is -0.791. The molecule has 4 nitrogen and oxygen atoms in total. The first kappa shape index (κ1) is 15.8. The number of likely N-dealkylation sites (N-methyl/N-ethyl adjacent to an activating group) is 1. The Balaban J connectivity index is 2.00. The number of carbonyl (C=O) groups is 1. The van der Waals surface area contributed by atoms with Crippen LogP contribution in [0.15, 0.2) is 24.3 Å². The molecule has 116 valence electrons. The summed E-state index contributed by atoms with van der Waals surface area (Å²) in [6.45, 7) is 1.60. The fourth-order valence-electron chi connectivity index (χ4n) is 2.77. The summed E-state index contributed by atoms with van der Waals surface area (Å²) < 4.78 is 18.9. The maximum absolute atomic E-state index is 13.5. The number of hydrogen-bond acceptors (Lipinski definition) is 3. The molecule has 1 amide bonds. The van der Waals surface area contributed by atoms with E-state index in [-0.39, 0.29) is 17.7 Å². The Labute approximate surface area is 124 Å². The van der Waals surface area contributed by atoms with E-state index in [0.717, 1.165) is 19.3 Å². The van der Waals surface area contributed by atoms with Crippen LogP contribution in [0.25, 0.3) is 0 Å². The van der Waals surface area contributed by atoms with E-state index in [4.69, 9.17) is 4.74 Å². The van der Waals surface area contributed by atoms with Crippen LogP contribution in [-0.2, 0) is 4.79 Å². The topological polar surface area (TPSA) is 49.8 Å². The summed E-state index contributed by atoms with van der Waals surface area (Å²) in [4.78, 5) is 13.9. The van der Waals surface area contributed by atoms with Gasteiger partial charge in [0.15, 0.2) is 17.7 Å². The largest absolute Gasteiger partial charge is 0.478 e. The number of ether oxygens (including phenoxy) is 1. The lowest BCUT2D eigenvalue weighted by atomic mass is 9.91. The summed E-state index contributed by atoms with van der Waals surface area (Å²) in [6, 6.07) is 5.83. The maximum Gasteiger partial charge on any atom is 0.263 e. The van der Waals surface area contributed by atoms with Crippen molar-refractivity contribution in [1.82, 2.24) is 4.90 Å². The van der Waals surface area contributed by atoms with Gasteiger partial charge in [-0.25, -0.2) is 4.39 Å². The third-order valence-corrected chi connectivity index (χ3v) is 4.03. The van der Waals surface area contributed by atoms with Crippen LogP contribution in [0.1, 0.15) is 32.6 Å². The number of rotatable bonds is 4. The van der Waals surface area contributed by atoms with Gasteiger partial charge in [-0.1, -0.05) is 25.0 Å². The molecule has 0 heterocycles. The number of carbonyl (C=O) groups excluding carboxylic acids is 1. The van der Waals surface area contributed by atoms with Crippen molar-refractivity contribution in [3.8, 4) is 5.75 Å². The van der Waals surface area contributed by atoms with Crippen LogP contribution >= 0.6 is 0 Å². The van der Waals surface area contributed by atoms with Crippen LogP contribution in [0.3, 0.4) is 0 Å². The molecule has 0 spiro atoms. The zero-order chi connectivity index (χ0) is 15.4. The highest BCUT2D eigenvalue weighted by Gasteiger charge is 2.32. The lowest BCUT2D eigenvalue weighted by Gasteiger charge is -2.36. The Morgan fingerprint density at radius 1 is 1.38 bits per heavy atom. The van der Waals surface area contributed by atoms with Gasteiger partial charge in [-0.3, -0.25) is 4.79 Å². The average molecular weight is 295 g/mol. The monoisotopic (exact) mass is 295 g/mol. The fourth-order valence-corrected chi connectivity index (χ4v) is 2.77. The minimum Gasteiger partial charge on any atom is -0.478 e. The van der Waals surface area contributed by atoms with Crippen molar-refractivity contribution in [2.75, 3.05) is 7.05 Å². The molecular formula is C16H22FNO3. The van der Waals surface area contributed by atoms with E-state index < -0.39 is 18.0 Å². The van der Waals surface area contributed by atoms with Gasteiger partial charge in [0.1, 0.15) is 0 Å². The van der Waals surface area contributed by atoms with E-state index in [1.165, 1.54) is 17.0 Å². The second-order valence-electron chi connectivity index (χ2n) is 5.56. The number of nitrogens with zero attached hydrogens (tertiary/aromatic N) is 1. The second-order valence-corrected chi connectivity index (χ2v) is 5.56. The average Bonchev–Trinajstić information content (AvgIpc) is 2.48. The van der Waals surface area contributed by atoms with Gasteiger partial charge in [-0.15, -0.1) is 0 Å². The van der Waals surface area contributed by atoms with Crippen LogP contribution in [0, 0.1) is 5.82 Å². The van der Waals surface area contributed by atoms with Gasteiger partial charge >= 0.3 is 0 Å². The quantitative estimate of drug-likeness (QED) is 0.927. The van der Waals surface area contributed by atoms with Crippen molar-refractivity contribution in [3.63, 3.8) is 0 Å². The standard InChI is InChI=1S/C16H22FNO3/c1-11(21-15-10-6-3-7-12(15)17)16(20)18(2)13-8-4-5-9-14(13)19/h3,6-7,10-11,13-14,19H,4-5,8-9H2,1-2H3. The molecule has 1 aliphatic carbocycles. The minimum absolute atomic E-state index is 0.0657. The molecule has 21 heavy (non-hydrogen) atoms. The molecular weight excluding hydrogens is 273 g/mol. The number of hydrogen-bond donors (Lipinski definition) is 1. The van der Waals surface area contributed by atoms with E-state index in [9.17, 15) is 14.3 Å². The number of aliphatic hydroxyl groups excluding tert-OH is 1. The first-order valence-corrected chi connectivity index (χ1v) is 7.36. The maximum atomic E-state index is 13.5. The molecule has 0 aliphatic heterocycles. The molecule has 5 heteroatoms. The molecule has 0 aromatic heterocycles. The van der Waals surface area contributed by atoms with Gasteiger partial charge in [-0.05, 0) is 31.9 Å². The van der Waals surface area contributed by atoms with Crippen molar-refractivity contribution in [2.45, 2.75) is 50.9 Å². The molecule has 1 N–H and O–H groups in total. The second kappa shape index (κ2) is 6.89. The highest BCUT2D eigenvalue weighted by molar-refractivity contribution is 5.81. The zero-order valence-electron chi connectivity index (χ0n) is 12.5. The van der Waals surface area contributed by atoms with E-state index in [0.29, 0.717) is 6.42 Å². The number of amides is 1. The highest BCUT2D eigenvalue weighted by Crippen LogP contribution is 2.24. The van der Waals surface area contributed by atoms with Gasteiger partial charge in [0.25, 0.3) is 5.91 Å². The van der Waals surface area contributed by atoms with E-state index >= 15 is 0 Å². The van der Waals surface area contributed by atoms with Gasteiger partial charge in [-0.2, -0.15) is 0 Å². The molecule has 0 saturated heterocycles. The van der Waals surface area contributed by atoms with Crippen molar-refractivity contribution in [1.29, 1.82) is 0 Å². The summed E-state index contributed by atoms with van der Waals surface area (Å²) in [5.41, 5.74) is 0. The predicted octanol–water partition coefficient (Wildman–Crippen LogP) is 2.35. The summed E-state index contributed by atoms with van der Waals surface area (Å²) in [7, 11) is 1.67. The molecule has 1 aliphatic rings. The normalized spacial score (nSPS) is 23.4. The first-order chi connectivity index (χ1) is 10.0. The Hall–Kier alpha value is -1.62. The summed E-state index contributed by atoms with van der Waals surface area (Å²) in [5, 5.41) is 10.0. The van der Waals surface area contributed by atoms with E-state index in [2.05, 4.69) is 0 Å². The van der Waals surface area contributed by atoms with Crippen LogP contribution < -0.4 is 4.74 Å². The third kappa shape index (κ3) is 3.73. The van der Waals surface area contributed by atoms with E-state index in [1.807, 2.05) is 0 Å². The van der Waals surface area contributed by atoms with Crippen LogP contribution in [0.2, 0.25) is 0 Å². The van der Waals surface area contributed by atoms with Crippen LogP contribution in [0.5, 0.6) is 5.75 Å². The Kier molecular flexibility index (Phi) is 5.17. The molecule has 2 rings (SSSR count). The predicted molar refractivity (Wildman–Crippen MR) is 77.5 cm³/mol. The Morgan fingerprint density at radius 3 is 2.71 bits per heavy atom. The summed E-state index contributed by atoms with van der Waals surface area (Å²) >= 11 is 0. The molecule has 3 unspecified atom stereocenters.